The van der Waals surface area contributed by atoms with Gasteiger partial charge in [-0.15, -0.1) is 5.17 Å². The summed E-state index contributed by atoms with van der Waals surface area (Å²) in [5.41, 5.74) is 12.0. The third-order valence-corrected chi connectivity index (χ3v) is 2.63. The van der Waals surface area contributed by atoms with Gasteiger partial charge in [-0.2, -0.15) is 0 Å². The number of nitrogen functional groups attached to an aromatic ring is 1. The third kappa shape index (κ3) is 5.99. The van der Waals surface area contributed by atoms with E-state index in [-0.39, 0.29) is 5.60 Å². The number of nitrogens with two attached hydrogens (primary N) is 3. The molecule has 0 saturated heterocycles. The molecule has 0 heterocycles. The number of benzene rings is 1. The lowest BCUT2D eigenvalue weighted by molar-refractivity contribution is -0.147. The van der Waals surface area contributed by atoms with E-state index in [0.29, 0.717) is 24.4 Å². The van der Waals surface area contributed by atoms with Crippen LogP contribution < -0.4 is 22.5 Å². The summed E-state index contributed by atoms with van der Waals surface area (Å²) in [5.74, 6) is 5.02. The van der Waals surface area contributed by atoms with E-state index >= 15 is 0 Å². The number of carbonyl (C=O) groups is 1. The number of carbonyl (C=O) groups excluding carboxylic acids is 1. The van der Waals surface area contributed by atoms with Crippen molar-refractivity contribution in [3.8, 4) is 0 Å². The van der Waals surface area contributed by atoms with Gasteiger partial charge in [-0.3, -0.25) is 0 Å². The fourth-order valence-corrected chi connectivity index (χ4v) is 1.51. The minimum absolute atomic E-state index is 0.276. The number of rotatable bonds is 6. The van der Waals surface area contributed by atoms with Crippen LogP contribution in [0.1, 0.15) is 27.2 Å². The van der Waals surface area contributed by atoms with Crippen LogP contribution in [0.15, 0.2) is 24.3 Å². The van der Waals surface area contributed by atoms with E-state index in [9.17, 15) is 4.79 Å². The van der Waals surface area contributed by atoms with Crippen molar-refractivity contribution >= 4 is 17.3 Å². The van der Waals surface area contributed by atoms with Crippen molar-refractivity contribution in [2.45, 2.75) is 38.8 Å². The maximum Gasteiger partial charge on any atom is 0.350 e. The predicted molar refractivity (Wildman–Crippen MR) is 81.9 cm³/mol. The summed E-state index contributed by atoms with van der Waals surface area (Å²) in [4.78, 5) is 16.8. The maximum absolute atomic E-state index is 11.8. The summed E-state index contributed by atoms with van der Waals surface area (Å²) in [6, 6.07) is 5.96. The molecule has 6 N–H and O–H groups in total. The smallest absolute Gasteiger partial charge is 0.350 e. The van der Waals surface area contributed by atoms with Gasteiger partial charge < -0.3 is 21.0 Å². The Bertz CT molecular complexity index is 474. The van der Waals surface area contributed by atoms with Gasteiger partial charge in [0.15, 0.2) is 0 Å². The van der Waals surface area contributed by atoms with E-state index in [1.54, 1.807) is 24.3 Å². The summed E-state index contributed by atoms with van der Waals surface area (Å²) in [6.07, 6.45) is 0.341. The average Bonchev–Trinajstić information content (AvgIpc) is 2.37. The second kappa shape index (κ2) is 7.26. The second-order valence-electron chi connectivity index (χ2n) is 5.65. The molecule has 21 heavy (non-hydrogen) atoms. The largest absolute Gasteiger partial charge is 0.397 e. The van der Waals surface area contributed by atoms with Crippen LogP contribution in [0.25, 0.3) is 0 Å². The number of hydrogen-bond acceptors (Lipinski definition) is 7. The highest BCUT2D eigenvalue weighted by atomic mass is 16.7. The quantitative estimate of drug-likeness (QED) is 0.406. The van der Waals surface area contributed by atoms with Crippen LogP contribution in [-0.2, 0) is 14.4 Å². The molecule has 0 spiro atoms. The Balaban J connectivity index is 2.47. The molecule has 0 saturated carbocycles. The van der Waals surface area contributed by atoms with Gasteiger partial charge in [0.2, 0.25) is 0 Å². The number of anilines is 2. The first-order valence-electron chi connectivity index (χ1n) is 6.71. The molecule has 7 nitrogen and oxygen atoms in total. The molecule has 0 aliphatic rings. The molecule has 1 aromatic rings. The molecular formula is C14H24N4O3. The van der Waals surface area contributed by atoms with Crippen LogP contribution in [0.2, 0.25) is 0 Å². The van der Waals surface area contributed by atoms with Gasteiger partial charge in [0, 0.05) is 6.61 Å². The molecule has 118 valence electrons. The monoisotopic (exact) mass is 296 g/mol. The SMILES string of the molecule is CC(C)(C)OCCC(N)C(=O)ON(N)c1ccccc1N. The van der Waals surface area contributed by atoms with E-state index in [1.165, 1.54) is 0 Å². The maximum atomic E-state index is 11.8. The Morgan fingerprint density at radius 3 is 2.52 bits per heavy atom. The van der Waals surface area contributed by atoms with E-state index in [4.69, 9.17) is 26.9 Å². The van der Waals surface area contributed by atoms with Crippen molar-refractivity contribution in [2.24, 2.45) is 11.6 Å². The highest BCUT2D eigenvalue weighted by molar-refractivity contribution is 5.77. The first-order valence-corrected chi connectivity index (χ1v) is 6.71. The van der Waals surface area contributed by atoms with Crippen molar-refractivity contribution in [1.29, 1.82) is 0 Å². The van der Waals surface area contributed by atoms with E-state index in [0.717, 1.165) is 5.17 Å². The van der Waals surface area contributed by atoms with Gasteiger partial charge in [-0.1, -0.05) is 12.1 Å². The van der Waals surface area contributed by atoms with Crippen molar-refractivity contribution in [2.75, 3.05) is 17.5 Å². The highest BCUT2D eigenvalue weighted by Crippen LogP contribution is 2.20. The second-order valence-corrected chi connectivity index (χ2v) is 5.65. The molecule has 0 radical (unpaired) electrons. The Morgan fingerprint density at radius 1 is 1.33 bits per heavy atom. The van der Waals surface area contributed by atoms with Crippen LogP contribution in [0.4, 0.5) is 11.4 Å². The minimum Gasteiger partial charge on any atom is -0.397 e. The normalized spacial score (nSPS) is 12.8. The van der Waals surface area contributed by atoms with E-state index < -0.39 is 12.0 Å². The molecule has 0 aliphatic carbocycles. The zero-order chi connectivity index (χ0) is 16.0. The molecule has 0 bridgehead atoms. The molecule has 0 aliphatic heterocycles. The van der Waals surface area contributed by atoms with Gasteiger partial charge in [-0.05, 0) is 39.3 Å². The molecule has 1 unspecified atom stereocenters. The fourth-order valence-electron chi connectivity index (χ4n) is 1.51. The van der Waals surface area contributed by atoms with E-state index in [2.05, 4.69) is 0 Å². The summed E-state index contributed by atoms with van der Waals surface area (Å²) in [6.45, 7) is 6.14. The first-order chi connectivity index (χ1) is 9.70. The summed E-state index contributed by atoms with van der Waals surface area (Å²) in [5, 5.41) is 0.822. The lowest BCUT2D eigenvalue weighted by atomic mass is 10.2. The number of nitrogens with zero attached hydrogens (tertiary/aromatic N) is 1. The van der Waals surface area contributed by atoms with Crippen molar-refractivity contribution in [3.05, 3.63) is 24.3 Å². The Hall–Kier alpha value is -1.83. The first kappa shape index (κ1) is 17.2. The molecule has 0 fully saturated rings. The number of hydrogen-bond donors (Lipinski definition) is 3. The summed E-state index contributed by atoms with van der Waals surface area (Å²) in [7, 11) is 0. The number of hydrazine groups is 1. The topological polar surface area (TPSA) is 117 Å². The standard InChI is InChI=1S/C14H24N4O3/c1-14(2,3)20-9-8-11(16)13(19)21-18(17)12-7-5-4-6-10(12)15/h4-7,11H,8-9,15-17H2,1-3H3. The van der Waals surface area contributed by atoms with Gasteiger partial charge in [0.1, 0.15) is 11.7 Å². The molecule has 7 heteroatoms. The average molecular weight is 296 g/mol. The molecule has 1 aromatic carbocycles. The molecule has 0 aromatic heterocycles. The van der Waals surface area contributed by atoms with Crippen LogP contribution in [0.5, 0.6) is 0 Å². The summed E-state index contributed by atoms with van der Waals surface area (Å²) >= 11 is 0. The van der Waals surface area contributed by atoms with Gasteiger partial charge in [0.25, 0.3) is 0 Å². The van der Waals surface area contributed by atoms with Crippen LogP contribution in [0.3, 0.4) is 0 Å². The Labute approximate surface area is 124 Å². The Morgan fingerprint density at radius 2 is 1.95 bits per heavy atom. The number of para-hydroxylation sites is 2. The van der Waals surface area contributed by atoms with Crippen molar-refractivity contribution in [1.82, 2.24) is 0 Å². The fraction of sp³-hybridized carbons (Fsp3) is 0.500. The third-order valence-electron chi connectivity index (χ3n) is 2.63. The van der Waals surface area contributed by atoms with Gasteiger partial charge in [0.05, 0.1) is 11.3 Å². The molecular weight excluding hydrogens is 272 g/mol. The van der Waals surface area contributed by atoms with Gasteiger partial charge >= 0.3 is 5.97 Å². The lowest BCUT2D eigenvalue weighted by Gasteiger charge is -2.22. The van der Waals surface area contributed by atoms with Crippen LogP contribution in [0, 0.1) is 0 Å². The predicted octanol–water partition coefficient (Wildman–Crippen LogP) is 0.940. The molecule has 1 rings (SSSR count). The van der Waals surface area contributed by atoms with E-state index in [1.807, 2.05) is 20.8 Å². The summed E-state index contributed by atoms with van der Waals surface area (Å²) < 4.78 is 5.51. The molecule has 1 atom stereocenters. The van der Waals surface area contributed by atoms with Crippen LogP contribution >= 0.6 is 0 Å². The van der Waals surface area contributed by atoms with Gasteiger partial charge in [-0.25, -0.2) is 10.6 Å². The minimum atomic E-state index is -0.816. The molecule has 0 amide bonds. The zero-order valence-corrected chi connectivity index (χ0v) is 12.7. The zero-order valence-electron chi connectivity index (χ0n) is 12.7. The lowest BCUT2D eigenvalue weighted by Crippen LogP contribution is -2.42. The Kier molecular flexibility index (Phi) is 5.95. The highest BCUT2D eigenvalue weighted by Gasteiger charge is 2.20. The van der Waals surface area contributed by atoms with Crippen molar-refractivity contribution < 1.29 is 14.4 Å². The van der Waals surface area contributed by atoms with Crippen molar-refractivity contribution in [3.63, 3.8) is 0 Å². The number of ether oxygens (including phenoxy) is 1. The van der Waals surface area contributed by atoms with Crippen LogP contribution in [-0.4, -0.2) is 24.2 Å².